The molecule has 0 heterocycles. The highest BCUT2D eigenvalue weighted by molar-refractivity contribution is 4.45. The fourth-order valence-electron chi connectivity index (χ4n) is 0.846. The second-order valence-corrected chi connectivity index (χ2v) is 3.22. The van der Waals surface area contributed by atoms with E-state index in [9.17, 15) is 0 Å². The molecule has 7 nitrogen and oxygen atoms in total. The lowest BCUT2D eigenvalue weighted by molar-refractivity contribution is -0.345. The van der Waals surface area contributed by atoms with E-state index in [0.29, 0.717) is 33.0 Å². The first-order valence-corrected chi connectivity index (χ1v) is 5.34. The zero-order chi connectivity index (χ0) is 13.0. The van der Waals surface area contributed by atoms with Crippen LogP contribution in [0.2, 0.25) is 0 Å². The molecule has 0 rings (SSSR count). The average molecular weight is 254 g/mol. The van der Waals surface area contributed by atoms with Gasteiger partial charge in [-0.2, -0.15) is 0 Å². The first-order valence-electron chi connectivity index (χ1n) is 5.34. The fraction of sp³-hybridized carbons (Fsp3) is 1.00. The van der Waals surface area contributed by atoms with Crippen LogP contribution in [0.3, 0.4) is 0 Å². The monoisotopic (exact) mass is 254 g/mol. The summed E-state index contributed by atoms with van der Waals surface area (Å²) in [4.78, 5) is 0. The number of ether oxygens (including phenoxy) is 5. The van der Waals surface area contributed by atoms with E-state index in [1.54, 1.807) is 7.11 Å². The molecular weight excluding hydrogens is 232 g/mol. The maximum atomic E-state index is 8.98. The molecule has 0 fully saturated rings. The summed E-state index contributed by atoms with van der Waals surface area (Å²) >= 11 is 0. The molecule has 0 atom stereocenters. The zero-order valence-electron chi connectivity index (χ0n) is 10.4. The van der Waals surface area contributed by atoms with Crippen LogP contribution in [-0.2, 0) is 23.7 Å². The van der Waals surface area contributed by atoms with E-state index < -0.39 is 5.97 Å². The molecule has 0 amide bonds. The minimum atomic E-state index is -2.23. The Labute approximate surface area is 101 Å². The minimum Gasteiger partial charge on any atom is -0.382 e. The Kier molecular flexibility index (Phi) is 10.7. The third-order valence-electron chi connectivity index (χ3n) is 1.79. The molecule has 2 N–H and O–H groups in total. The van der Waals surface area contributed by atoms with Crippen LogP contribution >= 0.6 is 0 Å². The molecule has 0 radical (unpaired) electrons. The van der Waals surface area contributed by atoms with Gasteiger partial charge in [-0.3, -0.25) is 0 Å². The lowest BCUT2D eigenvalue weighted by Gasteiger charge is -2.18. The van der Waals surface area contributed by atoms with Crippen LogP contribution in [0.1, 0.15) is 0 Å². The van der Waals surface area contributed by atoms with Crippen LogP contribution in [-0.4, -0.2) is 76.7 Å². The first kappa shape index (κ1) is 16.7. The van der Waals surface area contributed by atoms with Crippen molar-refractivity contribution in [3.63, 3.8) is 0 Å². The Bertz CT molecular complexity index is 163. The normalized spacial score (nSPS) is 12.0. The Morgan fingerprint density at radius 1 is 0.765 bits per heavy atom. The molecule has 0 spiro atoms. The summed E-state index contributed by atoms with van der Waals surface area (Å²) < 4.78 is 24.4. The van der Waals surface area contributed by atoms with Gasteiger partial charge in [0, 0.05) is 14.2 Å². The summed E-state index contributed by atoms with van der Waals surface area (Å²) in [6, 6.07) is 0. The van der Waals surface area contributed by atoms with Crippen molar-refractivity contribution in [2.75, 3.05) is 60.5 Å². The number of rotatable bonds is 12. The SMILES string of the molecule is COCCOCCOCCOCC(O)(O)OC. The van der Waals surface area contributed by atoms with Gasteiger partial charge in [-0.25, -0.2) is 0 Å². The predicted molar refractivity (Wildman–Crippen MR) is 58.5 cm³/mol. The Balaban J connectivity index is 3.09. The molecule has 17 heavy (non-hydrogen) atoms. The molecule has 0 aliphatic heterocycles. The van der Waals surface area contributed by atoms with Gasteiger partial charge in [-0.15, -0.1) is 0 Å². The van der Waals surface area contributed by atoms with Gasteiger partial charge in [0.2, 0.25) is 0 Å². The number of methoxy groups -OCH3 is 2. The minimum absolute atomic E-state index is 0.254. The quantitative estimate of drug-likeness (QED) is 0.340. The number of hydrogen-bond acceptors (Lipinski definition) is 7. The molecule has 0 aromatic heterocycles. The maximum absolute atomic E-state index is 8.98. The maximum Gasteiger partial charge on any atom is 0.302 e. The first-order chi connectivity index (χ1) is 8.12. The van der Waals surface area contributed by atoms with Crippen LogP contribution in [0, 0.1) is 0 Å². The summed E-state index contributed by atoms with van der Waals surface area (Å²) in [6.07, 6.45) is 0. The molecule has 104 valence electrons. The molecule has 0 saturated carbocycles. The van der Waals surface area contributed by atoms with E-state index >= 15 is 0 Å². The average Bonchev–Trinajstić information content (AvgIpc) is 2.31. The Morgan fingerprint density at radius 3 is 1.71 bits per heavy atom. The molecule has 0 aliphatic rings. The molecular formula is C10H22O7. The summed E-state index contributed by atoms with van der Waals surface area (Å²) in [6.45, 7) is 2.35. The third kappa shape index (κ3) is 12.0. The van der Waals surface area contributed by atoms with E-state index in [2.05, 4.69) is 4.74 Å². The van der Waals surface area contributed by atoms with Gasteiger partial charge >= 0.3 is 5.97 Å². The van der Waals surface area contributed by atoms with Gasteiger partial charge in [0.25, 0.3) is 0 Å². The molecule has 0 saturated heterocycles. The summed E-state index contributed by atoms with van der Waals surface area (Å²) in [5.41, 5.74) is 0. The molecule has 0 aliphatic carbocycles. The Morgan fingerprint density at radius 2 is 1.24 bits per heavy atom. The van der Waals surface area contributed by atoms with Crippen molar-refractivity contribution >= 4 is 0 Å². The summed E-state index contributed by atoms with van der Waals surface area (Å²) in [7, 11) is 2.79. The largest absolute Gasteiger partial charge is 0.382 e. The van der Waals surface area contributed by atoms with Gasteiger partial charge in [0.05, 0.1) is 39.6 Å². The summed E-state index contributed by atoms with van der Waals surface area (Å²) in [5, 5.41) is 18.0. The number of aliphatic hydroxyl groups is 2. The van der Waals surface area contributed by atoms with Gasteiger partial charge < -0.3 is 33.9 Å². The van der Waals surface area contributed by atoms with Crippen molar-refractivity contribution in [2.24, 2.45) is 0 Å². The van der Waals surface area contributed by atoms with E-state index in [-0.39, 0.29) is 13.2 Å². The van der Waals surface area contributed by atoms with Gasteiger partial charge in [-0.05, 0) is 0 Å². The van der Waals surface area contributed by atoms with Gasteiger partial charge in [-0.1, -0.05) is 0 Å². The highest BCUT2D eigenvalue weighted by atomic mass is 16.8. The second-order valence-electron chi connectivity index (χ2n) is 3.22. The van der Waals surface area contributed by atoms with E-state index in [0.717, 1.165) is 0 Å². The zero-order valence-corrected chi connectivity index (χ0v) is 10.4. The van der Waals surface area contributed by atoms with Crippen molar-refractivity contribution in [3.05, 3.63) is 0 Å². The standard InChI is InChI=1S/C10H22O7/c1-13-3-4-15-5-6-16-7-8-17-9-10(11,12)14-2/h11-12H,3-9H2,1-2H3. The fourth-order valence-corrected chi connectivity index (χ4v) is 0.846. The van der Waals surface area contributed by atoms with Crippen LogP contribution < -0.4 is 0 Å². The molecule has 7 heteroatoms. The highest BCUT2D eigenvalue weighted by Gasteiger charge is 2.21. The third-order valence-corrected chi connectivity index (χ3v) is 1.79. The molecule has 0 aromatic rings. The van der Waals surface area contributed by atoms with Crippen molar-refractivity contribution in [3.8, 4) is 0 Å². The highest BCUT2D eigenvalue weighted by Crippen LogP contribution is 1.99. The summed E-state index contributed by atoms with van der Waals surface area (Å²) in [5.74, 6) is -2.23. The smallest absolute Gasteiger partial charge is 0.302 e. The Hall–Kier alpha value is -0.280. The van der Waals surface area contributed by atoms with Crippen LogP contribution in [0.15, 0.2) is 0 Å². The van der Waals surface area contributed by atoms with Crippen LogP contribution in [0.25, 0.3) is 0 Å². The van der Waals surface area contributed by atoms with Gasteiger partial charge in [0.15, 0.2) is 0 Å². The van der Waals surface area contributed by atoms with E-state index in [1.807, 2.05) is 0 Å². The second kappa shape index (κ2) is 10.8. The molecule has 0 unspecified atom stereocenters. The lowest BCUT2D eigenvalue weighted by Crippen LogP contribution is -2.36. The van der Waals surface area contributed by atoms with Crippen molar-refractivity contribution in [2.45, 2.75) is 5.97 Å². The lowest BCUT2D eigenvalue weighted by atomic mass is 10.6. The number of hydrogen-bond donors (Lipinski definition) is 2. The molecule has 0 bridgehead atoms. The van der Waals surface area contributed by atoms with E-state index in [4.69, 9.17) is 29.2 Å². The predicted octanol–water partition coefficient (Wildman–Crippen LogP) is -1.03. The van der Waals surface area contributed by atoms with Crippen molar-refractivity contribution in [1.29, 1.82) is 0 Å². The topological polar surface area (TPSA) is 86.6 Å². The van der Waals surface area contributed by atoms with Gasteiger partial charge in [0.1, 0.15) is 6.61 Å². The molecule has 0 aromatic carbocycles. The van der Waals surface area contributed by atoms with Crippen LogP contribution in [0.4, 0.5) is 0 Å². The van der Waals surface area contributed by atoms with Crippen molar-refractivity contribution in [1.82, 2.24) is 0 Å². The van der Waals surface area contributed by atoms with E-state index in [1.165, 1.54) is 7.11 Å². The van der Waals surface area contributed by atoms with Crippen molar-refractivity contribution < 1.29 is 33.9 Å². The van der Waals surface area contributed by atoms with Crippen LogP contribution in [0.5, 0.6) is 0 Å².